The maximum absolute atomic E-state index is 12.4. The van der Waals surface area contributed by atoms with E-state index in [9.17, 15) is 19.2 Å². The average Bonchev–Trinajstić information content (AvgIpc) is 3.18. The molecule has 1 aromatic carbocycles. The number of nitrogens with one attached hydrogen (secondary N) is 2. The Morgan fingerprint density at radius 3 is 2.46 bits per heavy atom. The lowest BCUT2D eigenvalue weighted by Crippen LogP contribution is -2.34. The maximum Gasteiger partial charge on any atom is 0.273 e. The summed E-state index contributed by atoms with van der Waals surface area (Å²) in [5.74, 6) is -0.210. The first-order valence-electron chi connectivity index (χ1n) is 8.82. The van der Waals surface area contributed by atoms with Crippen molar-refractivity contribution in [1.82, 2.24) is 20.0 Å². The van der Waals surface area contributed by atoms with Gasteiger partial charge in [0.05, 0.1) is 17.3 Å². The van der Waals surface area contributed by atoms with Gasteiger partial charge in [0.25, 0.3) is 11.1 Å². The van der Waals surface area contributed by atoms with Crippen LogP contribution in [0.2, 0.25) is 0 Å². The van der Waals surface area contributed by atoms with Crippen molar-refractivity contribution in [3.63, 3.8) is 0 Å². The van der Waals surface area contributed by atoms with Gasteiger partial charge >= 0.3 is 0 Å². The molecule has 1 saturated heterocycles. The Bertz CT molecular complexity index is 925. The van der Waals surface area contributed by atoms with Crippen molar-refractivity contribution in [2.75, 3.05) is 19.6 Å². The molecule has 1 fully saturated rings. The van der Waals surface area contributed by atoms with Crippen LogP contribution in [0.25, 0.3) is 10.8 Å². The van der Waals surface area contributed by atoms with Crippen molar-refractivity contribution in [2.24, 2.45) is 0 Å². The lowest BCUT2D eigenvalue weighted by Gasteiger charge is -2.15. The summed E-state index contributed by atoms with van der Waals surface area (Å²) in [5, 5.41) is 5.84. The summed E-state index contributed by atoms with van der Waals surface area (Å²) in [6, 6.07) is 6.56. The Kier molecular flexibility index (Phi) is 5.50. The largest absolute Gasteiger partial charge is 0.356 e. The number of aromatic amines is 1. The molecule has 2 heterocycles. The Balaban J connectivity index is 1.52. The molecule has 0 unspecified atom stereocenters. The summed E-state index contributed by atoms with van der Waals surface area (Å²) in [4.78, 5) is 50.0. The number of benzene rings is 1. The van der Waals surface area contributed by atoms with Gasteiger partial charge in [-0.3, -0.25) is 24.3 Å². The molecule has 1 aromatic heterocycles. The molecule has 2 N–H and O–H groups in total. The third-order valence-corrected chi connectivity index (χ3v) is 4.57. The fourth-order valence-corrected chi connectivity index (χ4v) is 3.14. The van der Waals surface area contributed by atoms with Gasteiger partial charge in [-0.05, 0) is 25.0 Å². The second-order valence-corrected chi connectivity index (χ2v) is 6.38. The van der Waals surface area contributed by atoms with Gasteiger partial charge in [0.2, 0.25) is 11.8 Å². The zero-order chi connectivity index (χ0) is 18.5. The summed E-state index contributed by atoms with van der Waals surface area (Å²) >= 11 is 0. The van der Waals surface area contributed by atoms with Crippen molar-refractivity contribution in [3.8, 4) is 0 Å². The molecule has 1 aliphatic heterocycles. The van der Waals surface area contributed by atoms with Crippen LogP contribution in [0.1, 0.15) is 25.7 Å². The van der Waals surface area contributed by atoms with Gasteiger partial charge in [-0.25, -0.2) is 4.68 Å². The third-order valence-electron chi connectivity index (χ3n) is 4.57. The maximum atomic E-state index is 12.4. The Labute approximate surface area is 149 Å². The highest BCUT2D eigenvalue weighted by Gasteiger charge is 2.17. The summed E-state index contributed by atoms with van der Waals surface area (Å²) < 4.78 is 1.15. The van der Waals surface area contributed by atoms with E-state index < -0.39 is 0 Å². The molecular formula is C18H22N4O4. The molecule has 26 heavy (non-hydrogen) atoms. The first-order valence-corrected chi connectivity index (χ1v) is 8.82. The van der Waals surface area contributed by atoms with Crippen molar-refractivity contribution >= 4 is 22.6 Å². The van der Waals surface area contributed by atoms with Crippen LogP contribution >= 0.6 is 0 Å². The summed E-state index contributed by atoms with van der Waals surface area (Å²) in [5.41, 5.74) is -0.700. The molecule has 2 aromatic rings. The van der Waals surface area contributed by atoms with E-state index in [1.54, 1.807) is 24.3 Å². The number of fused-ring (bicyclic) bond motifs is 1. The molecule has 8 heteroatoms. The van der Waals surface area contributed by atoms with Gasteiger partial charge in [0, 0.05) is 32.5 Å². The molecule has 1 aliphatic rings. The van der Waals surface area contributed by atoms with Crippen LogP contribution in [-0.2, 0) is 16.1 Å². The molecule has 8 nitrogen and oxygen atoms in total. The summed E-state index contributed by atoms with van der Waals surface area (Å²) in [7, 11) is 0. The van der Waals surface area contributed by atoms with E-state index in [1.165, 1.54) is 0 Å². The van der Waals surface area contributed by atoms with E-state index in [0.717, 1.165) is 30.6 Å². The standard InChI is InChI=1S/C18H22N4O4/c23-15(19-9-7-16(24)21-10-3-4-11-21)8-12-22-18(26)14-6-2-1-5-13(14)17(25)20-22/h1-2,5-6H,3-4,7-12H2,(H,19,23)(H,20,25). The van der Waals surface area contributed by atoms with Crippen LogP contribution in [-0.4, -0.2) is 46.1 Å². The van der Waals surface area contributed by atoms with Gasteiger partial charge in [-0.2, -0.15) is 0 Å². The van der Waals surface area contributed by atoms with Gasteiger partial charge in [-0.15, -0.1) is 0 Å². The number of aryl methyl sites for hydroxylation is 1. The van der Waals surface area contributed by atoms with Crippen LogP contribution in [0.15, 0.2) is 33.9 Å². The second-order valence-electron chi connectivity index (χ2n) is 6.38. The fraction of sp³-hybridized carbons (Fsp3) is 0.444. The zero-order valence-corrected chi connectivity index (χ0v) is 14.5. The highest BCUT2D eigenvalue weighted by atomic mass is 16.2. The van der Waals surface area contributed by atoms with Crippen LogP contribution in [0.4, 0.5) is 0 Å². The third kappa shape index (κ3) is 4.01. The van der Waals surface area contributed by atoms with Crippen LogP contribution in [0.5, 0.6) is 0 Å². The summed E-state index contributed by atoms with van der Waals surface area (Å²) in [6.45, 7) is 1.94. The molecule has 0 radical (unpaired) electrons. The van der Waals surface area contributed by atoms with E-state index in [2.05, 4.69) is 10.4 Å². The van der Waals surface area contributed by atoms with E-state index in [4.69, 9.17) is 0 Å². The molecule has 0 aliphatic carbocycles. The van der Waals surface area contributed by atoms with Crippen molar-refractivity contribution in [1.29, 1.82) is 0 Å². The van der Waals surface area contributed by atoms with Gasteiger partial charge < -0.3 is 10.2 Å². The van der Waals surface area contributed by atoms with Crippen LogP contribution in [0.3, 0.4) is 0 Å². The normalized spacial score (nSPS) is 13.9. The van der Waals surface area contributed by atoms with Crippen molar-refractivity contribution < 1.29 is 9.59 Å². The number of H-pyrrole nitrogens is 1. The quantitative estimate of drug-likeness (QED) is 0.770. The van der Waals surface area contributed by atoms with Gasteiger partial charge in [0.15, 0.2) is 0 Å². The number of likely N-dealkylation sites (tertiary alicyclic amines) is 1. The van der Waals surface area contributed by atoms with E-state index in [1.807, 2.05) is 4.90 Å². The molecule has 0 spiro atoms. The predicted octanol–water partition coefficient (Wildman–Crippen LogP) is 0.209. The lowest BCUT2D eigenvalue weighted by molar-refractivity contribution is -0.130. The molecule has 2 amide bonds. The number of rotatable bonds is 6. The minimum Gasteiger partial charge on any atom is -0.356 e. The molecule has 0 saturated carbocycles. The first kappa shape index (κ1) is 17.9. The number of hydrogen-bond acceptors (Lipinski definition) is 4. The zero-order valence-electron chi connectivity index (χ0n) is 14.5. The highest BCUT2D eigenvalue weighted by molar-refractivity contribution is 5.80. The average molecular weight is 358 g/mol. The second kappa shape index (κ2) is 7.99. The molecular weight excluding hydrogens is 336 g/mol. The van der Waals surface area contributed by atoms with E-state index in [0.29, 0.717) is 10.8 Å². The van der Waals surface area contributed by atoms with E-state index >= 15 is 0 Å². The van der Waals surface area contributed by atoms with E-state index in [-0.39, 0.29) is 48.9 Å². The molecule has 0 bridgehead atoms. The number of nitrogens with zero attached hydrogens (tertiary/aromatic N) is 2. The van der Waals surface area contributed by atoms with Gasteiger partial charge in [-0.1, -0.05) is 12.1 Å². The number of carbonyl (C=O) groups is 2. The summed E-state index contributed by atoms with van der Waals surface area (Å²) in [6.07, 6.45) is 2.40. The Morgan fingerprint density at radius 1 is 1.04 bits per heavy atom. The Hall–Kier alpha value is -2.90. The number of hydrogen-bond donors (Lipinski definition) is 2. The number of amides is 2. The topological polar surface area (TPSA) is 104 Å². The number of aromatic nitrogens is 2. The lowest BCUT2D eigenvalue weighted by atomic mass is 10.2. The SMILES string of the molecule is O=C(CCn1[nH]c(=O)c2ccccc2c1=O)NCCC(=O)N1CCCC1. The van der Waals surface area contributed by atoms with Crippen molar-refractivity contribution in [3.05, 3.63) is 45.0 Å². The Morgan fingerprint density at radius 2 is 1.73 bits per heavy atom. The predicted molar refractivity (Wildman–Crippen MR) is 96.9 cm³/mol. The highest BCUT2D eigenvalue weighted by Crippen LogP contribution is 2.08. The molecule has 0 atom stereocenters. The van der Waals surface area contributed by atoms with Crippen LogP contribution < -0.4 is 16.4 Å². The minimum atomic E-state index is -0.364. The molecule has 3 rings (SSSR count). The molecule has 138 valence electrons. The fourth-order valence-electron chi connectivity index (χ4n) is 3.14. The first-order chi connectivity index (χ1) is 12.6. The number of carbonyl (C=O) groups excluding carboxylic acids is 2. The van der Waals surface area contributed by atoms with Gasteiger partial charge in [0.1, 0.15) is 0 Å². The minimum absolute atomic E-state index is 0.0477. The smallest absolute Gasteiger partial charge is 0.273 e. The van der Waals surface area contributed by atoms with Crippen LogP contribution in [0, 0.1) is 0 Å². The monoisotopic (exact) mass is 358 g/mol. The van der Waals surface area contributed by atoms with Crippen molar-refractivity contribution in [2.45, 2.75) is 32.2 Å².